The highest BCUT2D eigenvalue weighted by Crippen LogP contribution is 2.27. The van der Waals surface area contributed by atoms with Crippen LogP contribution in [0, 0.1) is 5.92 Å². The summed E-state index contributed by atoms with van der Waals surface area (Å²) in [6, 6.07) is 15.5. The van der Waals surface area contributed by atoms with Gasteiger partial charge in [-0.05, 0) is 43.8 Å². The third kappa shape index (κ3) is 7.31. The SMILES string of the molecule is COc1ccccc1C(CNC(=O)NCc1ccc(OCC(C)C)cc1)N(C)C. The van der Waals surface area contributed by atoms with Gasteiger partial charge in [0.25, 0.3) is 0 Å². The highest BCUT2D eigenvalue weighted by Gasteiger charge is 2.18. The maximum Gasteiger partial charge on any atom is 0.315 e. The lowest BCUT2D eigenvalue weighted by molar-refractivity contribution is 0.231. The summed E-state index contributed by atoms with van der Waals surface area (Å²) in [5.74, 6) is 2.15. The van der Waals surface area contributed by atoms with Crippen LogP contribution in [0.1, 0.15) is 31.0 Å². The first-order valence-corrected chi connectivity index (χ1v) is 9.93. The molecule has 6 nitrogen and oxygen atoms in total. The summed E-state index contributed by atoms with van der Waals surface area (Å²) in [5.41, 5.74) is 2.06. The Labute approximate surface area is 174 Å². The molecule has 2 amide bonds. The predicted octanol–water partition coefficient (Wildman–Crippen LogP) is 3.83. The summed E-state index contributed by atoms with van der Waals surface area (Å²) >= 11 is 0. The fourth-order valence-corrected chi connectivity index (χ4v) is 2.91. The van der Waals surface area contributed by atoms with Gasteiger partial charge in [-0.1, -0.05) is 44.2 Å². The van der Waals surface area contributed by atoms with Crippen molar-refractivity contribution in [3.63, 3.8) is 0 Å². The van der Waals surface area contributed by atoms with Crippen LogP contribution in [0.5, 0.6) is 11.5 Å². The normalized spacial score (nSPS) is 12.0. The second-order valence-corrected chi connectivity index (χ2v) is 7.63. The van der Waals surface area contributed by atoms with Gasteiger partial charge >= 0.3 is 6.03 Å². The number of hydrogen-bond donors (Lipinski definition) is 2. The molecule has 0 aliphatic rings. The number of urea groups is 1. The van der Waals surface area contributed by atoms with Gasteiger partial charge in [0.05, 0.1) is 19.8 Å². The van der Waals surface area contributed by atoms with Crippen molar-refractivity contribution >= 4 is 6.03 Å². The average molecular weight is 400 g/mol. The van der Waals surface area contributed by atoms with Crippen LogP contribution in [-0.4, -0.2) is 45.3 Å². The summed E-state index contributed by atoms with van der Waals surface area (Å²) in [7, 11) is 5.63. The molecule has 0 heterocycles. The third-order valence-corrected chi connectivity index (χ3v) is 4.54. The number of benzene rings is 2. The third-order valence-electron chi connectivity index (χ3n) is 4.54. The Hall–Kier alpha value is -2.73. The Morgan fingerprint density at radius 2 is 1.72 bits per heavy atom. The van der Waals surface area contributed by atoms with Crippen LogP contribution in [-0.2, 0) is 6.54 Å². The van der Waals surface area contributed by atoms with Crippen LogP contribution in [0.3, 0.4) is 0 Å². The van der Waals surface area contributed by atoms with Gasteiger partial charge < -0.3 is 25.0 Å². The van der Waals surface area contributed by atoms with Crippen molar-refractivity contribution in [1.29, 1.82) is 0 Å². The van der Waals surface area contributed by atoms with E-state index in [0.717, 1.165) is 22.6 Å². The molecule has 2 aromatic rings. The number of hydrogen-bond acceptors (Lipinski definition) is 4. The first kappa shape index (κ1) is 22.6. The topological polar surface area (TPSA) is 62.8 Å². The molecule has 6 heteroatoms. The molecule has 1 unspecified atom stereocenters. The number of ether oxygens (including phenoxy) is 2. The molecular formula is C23H33N3O3. The Balaban J connectivity index is 1.85. The molecule has 0 aromatic heterocycles. The maximum absolute atomic E-state index is 12.3. The summed E-state index contributed by atoms with van der Waals surface area (Å²) in [4.78, 5) is 14.3. The molecule has 2 N–H and O–H groups in total. The van der Waals surface area contributed by atoms with Crippen LogP contribution >= 0.6 is 0 Å². The van der Waals surface area contributed by atoms with Gasteiger partial charge in [0.15, 0.2) is 0 Å². The van der Waals surface area contributed by atoms with Gasteiger partial charge in [-0.25, -0.2) is 4.79 Å². The lowest BCUT2D eigenvalue weighted by Gasteiger charge is -2.26. The van der Waals surface area contributed by atoms with Crippen molar-refractivity contribution < 1.29 is 14.3 Å². The molecule has 1 atom stereocenters. The number of nitrogens with one attached hydrogen (secondary N) is 2. The Bertz CT molecular complexity index is 760. The van der Waals surface area contributed by atoms with E-state index in [0.29, 0.717) is 25.6 Å². The molecule has 0 aliphatic carbocycles. The number of amides is 2. The second kappa shape index (κ2) is 11.3. The molecule has 0 aliphatic heterocycles. The van der Waals surface area contributed by atoms with E-state index in [4.69, 9.17) is 9.47 Å². The van der Waals surface area contributed by atoms with Crippen molar-refractivity contribution in [3.8, 4) is 11.5 Å². The van der Waals surface area contributed by atoms with Gasteiger partial charge in [0.2, 0.25) is 0 Å². The standard InChI is InChI=1S/C23H33N3O3/c1-17(2)16-29-19-12-10-18(11-13-19)14-24-23(27)25-15-21(26(3)4)20-8-6-7-9-22(20)28-5/h6-13,17,21H,14-16H2,1-5H3,(H2,24,25,27). The van der Waals surface area contributed by atoms with E-state index >= 15 is 0 Å². The predicted molar refractivity (Wildman–Crippen MR) is 116 cm³/mol. The molecule has 2 aromatic carbocycles. The van der Waals surface area contributed by atoms with Gasteiger partial charge in [-0.3, -0.25) is 0 Å². The van der Waals surface area contributed by atoms with Crippen molar-refractivity contribution in [2.75, 3.05) is 34.4 Å². The first-order chi connectivity index (χ1) is 13.9. The Kier molecular flexibility index (Phi) is 8.80. The zero-order valence-electron chi connectivity index (χ0n) is 18.1. The minimum atomic E-state index is -0.202. The molecule has 0 fully saturated rings. The Morgan fingerprint density at radius 1 is 1.03 bits per heavy atom. The van der Waals surface area contributed by atoms with E-state index < -0.39 is 0 Å². The smallest absolute Gasteiger partial charge is 0.315 e. The number of rotatable bonds is 10. The molecular weight excluding hydrogens is 366 g/mol. The first-order valence-electron chi connectivity index (χ1n) is 9.93. The highest BCUT2D eigenvalue weighted by molar-refractivity contribution is 5.73. The van der Waals surface area contributed by atoms with Gasteiger partial charge in [-0.2, -0.15) is 0 Å². The van der Waals surface area contributed by atoms with Crippen LogP contribution in [0.4, 0.5) is 4.79 Å². The van der Waals surface area contributed by atoms with Crippen molar-refractivity contribution in [2.24, 2.45) is 5.92 Å². The lowest BCUT2D eigenvalue weighted by atomic mass is 10.0. The summed E-state index contributed by atoms with van der Waals surface area (Å²) < 4.78 is 11.1. The number of carbonyl (C=O) groups excluding carboxylic acids is 1. The van der Waals surface area contributed by atoms with E-state index in [9.17, 15) is 4.79 Å². The minimum Gasteiger partial charge on any atom is -0.496 e. The maximum atomic E-state index is 12.3. The van der Waals surface area contributed by atoms with Crippen LogP contribution in [0.25, 0.3) is 0 Å². The van der Waals surface area contributed by atoms with Crippen molar-refractivity contribution in [3.05, 3.63) is 59.7 Å². The molecule has 0 spiro atoms. The lowest BCUT2D eigenvalue weighted by Crippen LogP contribution is -2.40. The van der Waals surface area contributed by atoms with E-state index in [-0.39, 0.29) is 12.1 Å². The zero-order valence-corrected chi connectivity index (χ0v) is 18.1. The van der Waals surface area contributed by atoms with E-state index in [1.807, 2.05) is 62.6 Å². The number of methoxy groups -OCH3 is 1. The molecule has 0 bridgehead atoms. The van der Waals surface area contributed by atoms with Crippen LogP contribution in [0.15, 0.2) is 48.5 Å². The van der Waals surface area contributed by atoms with E-state index in [2.05, 4.69) is 29.4 Å². The molecule has 0 saturated heterocycles. The fourth-order valence-electron chi connectivity index (χ4n) is 2.91. The quantitative estimate of drug-likeness (QED) is 0.637. The van der Waals surface area contributed by atoms with Crippen molar-refractivity contribution in [2.45, 2.75) is 26.4 Å². The minimum absolute atomic E-state index is 0.00860. The van der Waals surface area contributed by atoms with Gasteiger partial charge in [-0.15, -0.1) is 0 Å². The number of nitrogens with zero attached hydrogens (tertiary/aromatic N) is 1. The highest BCUT2D eigenvalue weighted by atomic mass is 16.5. The molecule has 29 heavy (non-hydrogen) atoms. The molecule has 0 saturated carbocycles. The monoisotopic (exact) mass is 399 g/mol. The number of para-hydroxylation sites is 1. The van der Waals surface area contributed by atoms with Crippen LogP contribution < -0.4 is 20.1 Å². The summed E-state index contributed by atoms with van der Waals surface area (Å²) in [6.07, 6.45) is 0. The zero-order chi connectivity index (χ0) is 21.2. The average Bonchev–Trinajstić information content (AvgIpc) is 2.71. The number of carbonyl (C=O) groups is 1. The summed E-state index contributed by atoms with van der Waals surface area (Å²) in [5, 5.41) is 5.86. The van der Waals surface area contributed by atoms with E-state index in [1.165, 1.54) is 0 Å². The van der Waals surface area contributed by atoms with Gasteiger partial charge in [0.1, 0.15) is 11.5 Å². The largest absolute Gasteiger partial charge is 0.496 e. The second-order valence-electron chi connectivity index (χ2n) is 7.63. The molecule has 158 valence electrons. The molecule has 2 rings (SSSR count). The molecule has 0 radical (unpaired) electrons. The fraction of sp³-hybridized carbons (Fsp3) is 0.435. The van der Waals surface area contributed by atoms with Gasteiger partial charge in [0, 0.05) is 18.7 Å². The van der Waals surface area contributed by atoms with Crippen molar-refractivity contribution in [1.82, 2.24) is 15.5 Å². The van der Waals surface area contributed by atoms with E-state index in [1.54, 1.807) is 7.11 Å². The summed E-state index contributed by atoms with van der Waals surface area (Å²) in [6.45, 7) is 5.86. The Morgan fingerprint density at radius 3 is 2.34 bits per heavy atom. The van der Waals surface area contributed by atoms with Crippen LogP contribution in [0.2, 0.25) is 0 Å². The number of likely N-dealkylation sites (N-methyl/N-ethyl adjacent to an activating group) is 1.